The molecule has 6 nitrogen and oxygen atoms in total. The first-order valence-corrected chi connectivity index (χ1v) is 11.5. The van der Waals surface area contributed by atoms with E-state index in [-0.39, 0.29) is 18.7 Å². The first-order chi connectivity index (χ1) is 15.8. The van der Waals surface area contributed by atoms with E-state index < -0.39 is 17.1 Å². The Morgan fingerprint density at radius 2 is 1.55 bits per heavy atom. The normalized spacial score (nSPS) is 11.5. The van der Waals surface area contributed by atoms with Gasteiger partial charge in [0.15, 0.2) is 0 Å². The Morgan fingerprint density at radius 3 is 2.24 bits per heavy atom. The number of carbonyl (C=O) groups excluding carboxylic acids is 2. The van der Waals surface area contributed by atoms with Crippen LogP contribution in [0, 0.1) is 0 Å². The molecule has 170 valence electrons. The molecule has 0 spiro atoms. The van der Waals surface area contributed by atoms with Crippen LogP contribution < -0.4 is 10.6 Å². The van der Waals surface area contributed by atoms with Crippen molar-refractivity contribution in [2.45, 2.75) is 23.0 Å². The van der Waals surface area contributed by atoms with E-state index in [0.29, 0.717) is 21.4 Å². The molecule has 9 heteroatoms. The second-order valence-electron chi connectivity index (χ2n) is 7.00. The largest absolute Gasteiger partial charge is 0.481 e. The number of halogens is 2. The van der Waals surface area contributed by atoms with Crippen molar-refractivity contribution in [1.82, 2.24) is 0 Å². The van der Waals surface area contributed by atoms with Gasteiger partial charge in [-0.1, -0.05) is 59.6 Å². The maximum absolute atomic E-state index is 13.2. The third-order valence-electron chi connectivity index (χ3n) is 4.47. The quantitative estimate of drug-likeness (QED) is 0.299. The highest BCUT2D eigenvalue weighted by atomic mass is 35.5. The van der Waals surface area contributed by atoms with Crippen LogP contribution in [0.15, 0.2) is 77.7 Å². The summed E-state index contributed by atoms with van der Waals surface area (Å²) in [6.45, 7) is 0. The zero-order valence-electron chi connectivity index (χ0n) is 17.3. The Labute approximate surface area is 205 Å². The van der Waals surface area contributed by atoms with E-state index in [1.165, 1.54) is 11.8 Å². The van der Waals surface area contributed by atoms with E-state index in [1.54, 1.807) is 36.4 Å². The zero-order chi connectivity index (χ0) is 23.8. The summed E-state index contributed by atoms with van der Waals surface area (Å²) in [4.78, 5) is 36.6. The van der Waals surface area contributed by atoms with E-state index >= 15 is 0 Å². The molecular formula is C24H20Cl2N2O4S. The van der Waals surface area contributed by atoms with E-state index in [1.807, 2.05) is 36.4 Å². The Balaban J connectivity index is 1.78. The number of rotatable bonds is 9. The molecule has 0 saturated carbocycles. The first kappa shape index (κ1) is 24.6. The summed E-state index contributed by atoms with van der Waals surface area (Å²) in [5, 5.41) is 14.4. The Morgan fingerprint density at radius 1 is 0.818 bits per heavy atom. The second-order valence-corrected chi connectivity index (χ2v) is 8.99. The molecule has 3 N–H and O–H groups in total. The minimum absolute atomic E-state index is 0.120. The number of aliphatic carboxylic acids is 1. The van der Waals surface area contributed by atoms with Crippen molar-refractivity contribution in [3.63, 3.8) is 0 Å². The van der Waals surface area contributed by atoms with Crippen molar-refractivity contribution >= 4 is 64.1 Å². The second kappa shape index (κ2) is 11.7. The predicted octanol–water partition coefficient (Wildman–Crippen LogP) is 6.27. The molecule has 2 amide bonds. The van der Waals surface area contributed by atoms with Crippen LogP contribution in [0.25, 0.3) is 0 Å². The number of carboxylic acids is 1. The summed E-state index contributed by atoms with van der Waals surface area (Å²) >= 11 is 13.3. The lowest BCUT2D eigenvalue weighted by Crippen LogP contribution is -2.19. The van der Waals surface area contributed by atoms with Crippen molar-refractivity contribution in [3.8, 4) is 0 Å². The molecule has 33 heavy (non-hydrogen) atoms. The average Bonchev–Trinajstić information content (AvgIpc) is 2.79. The van der Waals surface area contributed by atoms with Crippen LogP contribution in [0.5, 0.6) is 0 Å². The maximum atomic E-state index is 13.2. The molecule has 0 fully saturated rings. The highest BCUT2D eigenvalue weighted by Gasteiger charge is 2.22. The smallest absolute Gasteiger partial charge is 0.303 e. The van der Waals surface area contributed by atoms with Crippen molar-refractivity contribution in [2.24, 2.45) is 0 Å². The van der Waals surface area contributed by atoms with Crippen LogP contribution in [0.1, 0.15) is 23.7 Å². The van der Waals surface area contributed by atoms with Gasteiger partial charge in [-0.05, 0) is 42.0 Å². The summed E-state index contributed by atoms with van der Waals surface area (Å²) in [5.41, 5.74) is 1.85. The van der Waals surface area contributed by atoms with Crippen LogP contribution in [-0.4, -0.2) is 22.9 Å². The van der Waals surface area contributed by atoms with Gasteiger partial charge in [0.05, 0.1) is 16.5 Å². The lowest BCUT2D eigenvalue weighted by Gasteiger charge is -2.18. The molecule has 3 rings (SSSR count). The molecule has 0 heterocycles. The van der Waals surface area contributed by atoms with E-state index in [4.69, 9.17) is 28.3 Å². The number of hydrogen-bond acceptors (Lipinski definition) is 4. The molecule has 3 aromatic carbocycles. The fraction of sp³-hybridized carbons (Fsp3) is 0.125. The molecule has 0 bridgehead atoms. The highest BCUT2D eigenvalue weighted by molar-refractivity contribution is 8.00. The Hall–Kier alpha value is -3.00. The van der Waals surface area contributed by atoms with Gasteiger partial charge in [-0.15, -0.1) is 11.8 Å². The number of anilines is 2. The van der Waals surface area contributed by atoms with Gasteiger partial charge < -0.3 is 15.7 Å². The van der Waals surface area contributed by atoms with Crippen LogP contribution >= 0.6 is 35.0 Å². The van der Waals surface area contributed by atoms with E-state index in [0.717, 1.165) is 10.5 Å². The highest BCUT2D eigenvalue weighted by Crippen LogP contribution is 2.37. The Kier molecular flexibility index (Phi) is 8.77. The molecule has 0 aliphatic heterocycles. The summed E-state index contributed by atoms with van der Waals surface area (Å²) in [7, 11) is 0. The maximum Gasteiger partial charge on any atom is 0.303 e. The van der Waals surface area contributed by atoms with Gasteiger partial charge in [0.1, 0.15) is 5.25 Å². The van der Waals surface area contributed by atoms with Gasteiger partial charge in [-0.25, -0.2) is 0 Å². The first-order valence-electron chi connectivity index (χ1n) is 9.91. The molecule has 1 unspecified atom stereocenters. The molecule has 3 aromatic rings. The van der Waals surface area contributed by atoms with Crippen LogP contribution in [0.4, 0.5) is 11.4 Å². The molecule has 0 aliphatic carbocycles. The summed E-state index contributed by atoms with van der Waals surface area (Å²) in [6, 6.07) is 21.2. The minimum atomic E-state index is -1.03. The predicted molar refractivity (Wildman–Crippen MR) is 132 cm³/mol. The SMILES string of the molecule is O=C(O)CCC(=O)Nc1cccc(SC(C(=O)Nc2ccc(Cl)c(Cl)c2)c2ccccc2)c1. The molecule has 1 atom stereocenters. The number of thioether (sulfide) groups is 1. The fourth-order valence-corrected chi connectivity index (χ4v) is 4.29. The fourth-order valence-electron chi connectivity index (χ4n) is 2.91. The summed E-state index contributed by atoms with van der Waals surface area (Å²) in [5.74, 6) is -1.68. The lowest BCUT2D eigenvalue weighted by atomic mass is 10.1. The zero-order valence-corrected chi connectivity index (χ0v) is 19.6. The van der Waals surface area contributed by atoms with Crippen LogP contribution in [0.2, 0.25) is 10.0 Å². The molecule has 0 aromatic heterocycles. The molecular weight excluding hydrogens is 483 g/mol. The number of benzene rings is 3. The monoisotopic (exact) mass is 502 g/mol. The summed E-state index contributed by atoms with van der Waals surface area (Å²) in [6.07, 6.45) is -0.364. The van der Waals surface area contributed by atoms with Gasteiger partial charge in [0.25, 0.3) is 0 Å². The van der Waals surface area contributed by atoms with Gasteiger partial charge in [0, 0.05) is 22.7 Å². The van der Waals surface area contributed by atoms with Gasteiger partial charge in [-0.3, -0.25) is 14.4 Å². The third kappa shape index (κ3) is 7.53. The lowest BCUT2D eigenvalue weighted by molar-refractivity contribution is -0.138. The van der Waals surface area contributed by atoms with Crippen LogP contribution in [-0.2, 0) is 14.4 Å². The number of nitrogens with one attached hydrogen (secondary N) is 2. The van der Waals surface area contributed by atoms with E-state index in [2.05, 4.69) is 10.6 Å². The minimum Gasteiger partial charge on any atom is -0.481 e. The van der Waals surface area contributed by atoms with Crippen molar-refractivity contribution in [2.75, 3.05) is 10.6 Å². The Bertz CT molecular complexity index is 1160. The van der Waals surface area contributed by atoms with Crippen molar-refractivity contribution < 1.29 is 19.5 Å². The topological polar surface area (TPSA) is 95.5 Å². The number of amides is 2. The van der Waals surface area contributed by atoms with Gasteiger partial charge >= 0.3 is 5.97 Å². The van der Waals surface area contributed by atoms with Crippen molar-refractivity contribution in [1.29, 1.82) is 0 Å². The molecule has 0 saturated heterocycles. The van der Waals surface area contributed by atoms with Crippen molar-refractivity contribution in [3.05, 3.63) is 88.4 Å². The number of hydrogen-bond donors (Lipinski definition) is 3. The molecule has 0 radical (unpaired) electrons. The average molecular weight is 503 g/mol. The number of carboxylic acid groups (broad SMARTS) is 1. The number of carbonyl (C=O) groups is 3. The van der Waals surface area contributed by atoms with E-state index in [9.17, 15) is 14.4 Å². The van der Waals surface area contributed by atoms with Crippen LogP contribution in [0.3, 0.4) is 0 Å². The van der Waals surface area contributed by atoms with Gasteiger partial charge in [0.2, 0.25) is 11.8 Å². The van der Waals surface area contributed by atoms with Gasteiger partial charge in [-0.2, -0.15) is 0 Å². The molecule has 0 aliphatic rings. The summed E-state index contributed by atoms with van der Waals surface area (Å²) < 4.78 is 0. The standard InChI is InChI=1S/C24H20Cl2N2O4S/c25-19-10-9-17(14-20(19)26)28-24(32)23(15-5-2-1-3-6-15)33-18-8-4-7-16(13-18)27-21(29)11-12-22(30)31/h1-10,13-14,23H,11-12H2,(H,27,29)(H,28,32)(H,30,31). The third-order valence-corrected chi connectivity index (χ3v) is 6.45.